The summed E-state index contributed by atoms with van der Waals surface area (Å²) < 4.78 is 16.7. The number of hydrogen-bond acceptors (Lipinski definition) is 7. The summed E-state index contributed by atoms with van der Waals surface area (Å²) in [6.07, 6.45) is 3.32. The third-order valence-corrected chi connectivity index (χ3v) is 8.81. The van der Waals surface area contributed by atoms with Crippen LogP contribution in [0.15, 0.2) is 71.0 Å². The summed E-state index contributed by atoms with van der Waals surface area (Å²) in [6.45, 7) is 0.160. The van der Waals surface area contributed by atoms with Gasteiger partial charge in [0.05, 0.1) is 22.2 Å². The Balaban J connectivity index is 1.36. The fraction of sp³-hybridized carbons (Fsp3) is 0.233. The number of amides is 4. The quantitative estimate of drug-likeness (QED) is 0.0408. The van der Waals surface area contributed by atoms with Crippen LogP contribution < -0.4 is 27.0 Å². The Bertz CT molecular complexity index is 1860. The number of alkyl halides is 1. The number of nitrogens with two attached hydrogens (primary N) is 1. The third-order valence-electron chi connectivity index (χ3n) is 7.02. The standard InChI is InChI=1S/C30H34ClN9O6S/c1-38-16-19(14-23(38)28(42)33-12-10-25(32)37-45)35-30(44)24-15-20(17-39(24)2)34-29(43)22-8-9-26(40(22)3)36-27(41)18-4-6-21(7-5-18)47(46)13-11-31/h4-9,14-17,45H,10-13H2,1-3H3,(H2,32,37)(H,33,42)(H,34,43)(H,35,44)(H,36,41). The number of oxime groups is 1. The lowest BCUT2D eigenvalue weighted by Gasteiger charge is -2.10. The zero-order valence-electron chi connectivity index (χ0n) is 25.7. The number of carbonyl (C=O) groups is 4. The van der Waals surface area contributed by atoms with Crippen molar-refractivity contribution in [1.29, 1.82) is 0 Å². The first-order chi connectivity index (χ1) is 22.4. The van der Waals surface area contributed by atoms with Crippen molar-refractivity contribution in [2.24, 2.45) is 32.0 Å². The van der Waals surface area contributed by atoms with Crippen molar-refractivity contribution in [3.63, 3.8) is 0 Å². The molecule has 4 amide bonds. The molecule has 0 aliphatic heterocycles. The van der Waals surface area contributed by atoms with Crippen LogP contribution in [-0.2, 0) is 31.9 Å². The normalized spacial score (nSPS) is 12.0. The molecule has 0 aliphatic carbocycles. The van der Waals surface area contributed by atoms with Gasteiger partial charge in [-0.1, -0.05) is 5.16 Å². The van der Waals surface area contributed by atoms with E-state index in [1.165, 1.54) is 16.7 Å². The van der Waals surface area contributed by atoms with Gasteiger partial charge in [0.1, 0.15) is 28.7 Å². The number of benzene rings is 1. The van der Waals surface area contributed by atoms with Crippen LogP contribution in [-0.4, -0.2) is 70.8 Å². The lowest BCUT2D eigenvalue weighted by molar-refractivity contribution is 0.0944. The van der Waals surface area contributed by atoms with E-state index >= 15 is 0 Å². The summed E-state index contributed by atoms with van der Waals surface area (Å²) in [5.41, 5.74) is 7.28. The summed E-state index contributed by atoms with van der Waals surface area (Å²) in [7, 11) is 3.68. The highest BCUT2D eigenvalue weighted by atomic mass is 35.5. The number of rotatable bonds is 13. The Kier molecular flexibility index (Phi) is 11.2. The predicted octanol–water partition coefficient (Wildman–Crippen LogP) is 2.67. The van der Waals surface area contributed by atoms with Gasteiger partial charge in [0, 0.05) is 68.6 Å². The van der Waals surface area contributed by atoms with E-state index in [2.05, 4.69) is 26.4 Å². The second-order valence-electron chi connectivity index (χ2n) is 10.3. The number of hydrogen-bond donors (Lipinski definition) is 6. The lowest BCUT2D eigenvalue weighted by atomic mass is 10.2. The van der Waals surface area contributed by atoms with Crippen LogP contribution in [0.4, 0.5) is 17.2 Å². The number of amidine groups is 1. The molecule has 4 rings (SSSR count). The number of aryl methyl sites for hydroxylation is 2. The highest BCUT2D eigenvalue weighted by Gasteiger charge is 2.19. The minimum absolute atomic E-state index is 0.0148. The fourth-order valence-corrected chi connectivity index (χ4v) is 5.79. The molecule has 0 saturated carbocycles. The van der Waals surface area contributed by atoms with E-state index in [4.69, 9.17) is 22.5 Å². The molecule has 248 valence electrons. The predicted molar refractivity (Wildman–Crippen MR) is 179 cm³/mol. The minimum atomic E-state index is -1.24. The number of nitrogens with one attached hydrogen (secondary N) is 4. The van der Waals surface area contributed by atoms with Crippen LogP contribution in [0.2, 0.25) is 0 Å². The van der Waals surface area contributed by atoms with Crippen molar-refractivity contribution < 1.29 is 28.6 Å². The van der Waals surface area contributed by atoms with Crippen molar-refractivity contribution in [2.75, 3.05) is 34.1 Å². The number of nitrogens with zero attached hydrogens (tertiary/aromatic N) is 4. The van der Waals surface area contributed by atoms with E-state index in [1.807, 2.05) is 0 Å². The van der Waals surface area contributed by atoms with Crippen LogP contribution in [0, 0.1) is 0 Å². The molecule has 4 aromatic rings. The molecule has 3 heterocycles. The lowest BCUT2D eigenvalue weighted by Crippen LogP contribution is -2.29. The summed E-state index contributed by atoms with van der Waals surface area (Å²) in [5.74, 6) is -0.812. The maximum absolute atomic E-state index is 13.1. The average Bonchev–Trinajstić information content (AvgIpc) is 3.72. The van der Waals surface area contributed by atoms with Crippen LogP contribution in [0.1, 0.15) is 48.2 Å². The largest absolute Gasteiger partial charge is 0.409 e. The molecule has 0 bridgehead atoms. The van der Waals surface area contributed by atoms with E-state index in [9.17, 15) is 23.4 Å². The summed E-state index contributed by atoms with van der Waals surface area (Å²) in [6, 6.07) is 12.5. The van der Waals surface area contributed by atoms with Gasteiger partial charge in [0.15, 0.2) is 0 Å². The summed E-state index contributed by atoms with van der Waals surface area (Å²) in [5, 5.41) is 22.4. The molecular weight excluding hydrogens is 650 g/mol. The number of halogens is 1. The highest BCUT2D eigenvalue weighted by molar-refractivity contribution is 7.85. The second kappa shape index (κ2) is 15.3. The Morgan fingerprint density at radius 3 is 1.98 bits per heavy atom. The van der Waals surface area contributed by atoms with E-state index in [0.29, 0.717) is 33.4 Å². The molecule has 3 aromatic heterocycles. The minimum Gasteiger partial charge on any atom is -0.409 e. The SMILES string of the molecule is Cn1cc(NC(=O)c2cc(NC(=O)c3ccc(NC(=O)c4ccc(S(=O)CCCl)cc4)n3C)cn2C)cc1C(=O)NCC/C(N)=N/O. The molecule has 1 atom stereocenters. The molecule has 1 unspecified atom stereocenters. The van der Waals surface area contributed by atoms with Gasteiger partial charge >= 0.3 is 0 Å². The number of anilines is 3. The molecule has 1 aromatic carbocycles. The van der Waals surface area contributed by atoms with Gasteiger partial charge in [0.25, 0.3) is 23.6 Å². The van der Waals surface area contributed by atoms with Crippen LogP contribution >= 0.6 is 11.6 Å². The topological polar surface area (TPSA) is 207 Å². The summed E-state index contributed by atoms with van der Waals surface area (Å²) in [4.78, 5) is 52.1. The van der Waals surface area contributed by atoms with Crippen LogP contribution in [0.5, 0.6) is 0 Å². The molecule has 0 fully saturated rings. The number of aromatic nitrogens is 3. The molecule has 0 spiro atoms. The Morgan fingerprint density at radius 1 is 0.830 bits per heavy atom. The molecule has 0 aliphatic rings. The fourth-order valence-electron chi connectivity index (χ4n) is 4.55. The molecule has 47 heavy (non-hydrogen) atoms. The first kappa shape index (κ1) is 34.5. The van der Waals surface area contributed by atoms with Gasteiger partial charge in [-0.05, 0) is 48.5 Å². The molecular formula is C30H34ClN9O6S. The monoisotopic (exact) mass is 683 g/mol. The van der Waals surface area contributed by atoms with Crippen molar-refractivity contribution in [3.8, 4) is 0 Å². The number of carbonyl (C=O) groups excluding carboxylic acids is 4. The van der Waals surface area contributed by atoms with E-state index < -0.39 is 34.4 Å². The van der Waals surface area contributed by atoms with Crippen molar-refractivity contribution in [2.45, 2.75) is 11.3 Å². The van der Waals surface area contributed by atoms with E-state index in [1.54, 1.807) is 79.1 Å². The zero-order valence-corrected chi connectivity index (χ0v) is 27.3. The van der Waals surface area contributed by atoms with Gasteiger partial charge in [-0.25, -0.2) is 0 Å². The first-order valence-corrected chi connectivity index (χ1v) is 16.0. The second-order valence-corrected chi connectivity index (χ2v) is 12.3. The van der Waals surface area contributed by atoms with E-state index in [-0.39, 0.29) is 41.8 Å². The molecule has 17 heteroatoms. The maximum atomic E-state index is 13.1. The van der Waals surface area contributed by atoms with Crippen LogP contribution in [0.25, 0.3) is 0 Å². The van der Waals surface area contributed by atoms with Crippen molar-refractivity contribution >= 4 is 69.1 Å². The van der Waals surface area contributed by atoms with Gasteiger partial charge < -0.3 is 45.9 Å². The molecule has 0 radical (unpaired) electrons. The molecule has 7 N–H and O–H groups in total. The first-order valence-electron chi connectivity index (χ1n) is 14.1. The van der Waals surface area contributed by atoms with Gasteiger partial charge in [-0.2, -0.15) is 0 Å². The third kappa shape index (κ3) is 8.47. The maximum Gasteiger partial charge on any atom is 0.272 e. The van der Waals surface area contributed by atoms with Gasteiger partial charge in [0.2, 0.25) is 0 Å². The Labute approximate surface area is 277 Å². The zero-order chi connectivity index (χ0) is 34.2. The van der Waals surface area contributed by atoms with Crippen LogP contribution in [0.3, 0.4) is 0 Å². The smallest absolute Gasteiger partial charge is 0.272 e. The van der Waals surface area contributed by atoms with Gasteiger partial charge in [-0.3, -0.25) is 23.4 Å². The Hall–Kier alpha value is -5.35. The summed E-state index contributed by atoms with van der Waals surface area (Å²) >= 11 is 5.66. The highest BCUT2D eigenvalue weighted by Crippen LogP contribution is 2.20. The Morgan fingerprint density at radius 2 is 1.40 bits per heavy atom. The van der Waals surface area contributed by atoms with Crippen molar-refractivity contribution in [1.82, 2.24) is 19.0 Å². The van der Waals surface area contributed by atoms with E-state index in [0.717, 1.165) is 0 Å². The van der Waals surface area contributed by atoms with Gasteiger partial charge in [-0.15, -0.1) is 11.6 Å². The average molecular weight is 684 g/mol. The molecule has 0 saturated heterocycles. The van der Waals surface area contributed by atoms with Crippen molar-refractivity contribution in [3.05, 3.63) is 83.6 Å². The molecule has 15 nitrogen and oxygen atoms in total.